The molecule has 0 bridgehead atoms. The van der Waals surface area contributed by atoms with E-state index in [1.54, 1.807) is 10.6 Å². The zero-order valence-corrected chi connectivity index (χ0v) is 20.1. The first-order valence-electron chi connectivity index (χ1n) is 10.2. The molecule has 0 radical (unpaired) electrons. The highest BCUT2D eigenvalue weighted by Gasteiger charge is 2.23. The number of carbonyl (C=O) groups is 1. The number of aromatic nitrogens is 2. The van der Waals surface area contributed by atoms with Crippen LogP contribution in [0.3, 0.4) is 0 Å². The summed E-state index contributed by atoms with van der Waals surface area (Å²) in [6, 6.07) is 12.7. The molecule has 0 aliphatic carbocycles. The van der Waals surface area contributed by atoms with Crippen LogP contribution in [0.1, 0.15) is 18.2 Å². The molecular weight excluding hydrogens is 466 g/mol. The lowest BCUT2D eigenvalue weighted by Gasteiger charge is -2.14. The number of anilines is 1. The van der Waals surface area contributed by atoms with Crippen molar-refractivity contribution in [2.45, 2.75) is 30.3 Å². The van der Waals surface area contributed by atoms with Gasteiger partial charge in [-0.05, 0) is 55.8 Å². The largest absolute Gasteiger partial charge is 0.494 e. The van der Waals surface area contributed by atoms with Crippen molar-refractivity contribution in [3.05, 3.63) is 69.1 Å². The number of fused-ring (bicyclic) bond motifs is 1. The number of carbonyl (C=O) groups excluding carboxylic acids is 1. The van der Waals surface area contributed by atoms with Gasteiger partial charge in [-0.15, -0.1) is 11.8 Å². The van der Waals surface area contributed by atoms with E-state index in [1.807, 2.05) is 50.2 Å². The first kappa shape index (κ1) is 22.8. The predicted octanol–water partition coefficient (Wildman–Crippen LogP) is 4.97. The monoisotopic (exact) mass is 487 g/mol. The zero-order chi connectivity index (χ0) is 22.7. The number of hydrogen-bond donors (Lipinski definition) is 1. The maximum absolute atomic E-state index is 13.2. The number of amides is 1. The van der Waals surface area contributed by atoms with Crippen molar-refractivity contribution in [2.75, 3.05) is 23.4 Å². The van der Waals surface area contributed by atoms with Gasteiger partial charge in [0, 0.05) is 22.9 Å². The van der Waals surface area contributed by atoms with Gasteiger partial charge in [-0.2, -0.15) is 0 Å². The Morgan fingerprint density at radius 2 is 2.06 bits per heavy atom. The number of aryl methyl sites for hydroxylation is 2. The van der Waals surface area contributed by atoms with E-state index < -0.39 is 0 Å². The number of benzene rings is 2. The first-order chi connectivity index (χ1) is 15.5. The van der Waals surface area contributed by atoms with E-state index in [1.165, 1.54) is 23.5 Å². The lowest BCUT2D eigenvalue weighted by atomic mass is 10.2. The fourth-order valence-corrected chi connectivity index (χ4v) is 5.31. The second kappa shape index (κ2) is 10.0. The Bertz CT molecular complexity index is 1210. The van der Waals surface area contributed by atoms with Gasteiger partial charge in [-0.25, -0.2) is 4.98 Å². The van der Waals surface area contributed by atoms with Gasteiger partial charge in [0.15, 0.2) is 5.16 Å². The van der Waals surface area contributed by atoms with Crippen molar-refractivity contribution < 1.29 is 9.53 Å². The lowest BCUT2D eigenvalue weighted by Crippen LogP contribution is -2.24. The number of hydrogen-bond acceptors (Lipinski definition) is 6. The molecule has 1 aromatic heterocycles. The third-order valence-corrected chi connectivity index (χ3v) is 7.31. The normalized spacial score (nSPS) is 12.5. The highest BCUT2D eigenvalue weighted by Crippen LogP contribution is 2.30. The van der Waals surface area contributed by atoms with Gasteiger partial charge >= 0.3 is 0 Å². The molecule has 0 saturated heterocycles. The minimum absolute atomic E-state index is 0.102. The summed E-state index contributed by atoms with van der Waals surface area (Å²) in [4.78, 5) is 31.2. The van der Waals surface area contributed by atoms with Gasteiger partial charge in [0.05, 0.1) is 28.6 Å². The summed E-state index contributed by atoms with van der Waals surface area (Å²) in [5.41, 5.74) is 2.96. The van der Waals surface area contributed by atoms with Crippen LogP contribution in [0.4, 0.5) is 5.69 Å². The Balaban J connectivity index is 1.58. The Labute approximate surface area is 199 Å². The van der Waals surface area contributed by atoms with Crippen LogP contribution in [0.5, 0.6) is 5.75 Å². The molecule has 4 rings (SSSR count). The summed E-state index contributed by atoms with van der Waals surface area (Å²) in [7, 11) is 0. The third kappa shape index (κ3) is 4.98. The number of halogens is 1. The van der Waals surface area contributed by atoms with Gasteiger partial charge in [0.1, 0.15) is 5.75 Å². The lowest BCUT2D eigenvalue weighted by molar-refractivity contribution is -0.113. The maximum Gasteiger partial charge on any atom is 0.272 e. The molecule has 2 aromatic carbocycles. The van der Waals surface area contributed by atoms with Gasteiger partial charge < -0.3 is 10.1 Å². The van der Waals surface area contributed by atoms with Crippen molar-refractivity contribution >= 4 is 46.7 Å². The molecule has 166 valence electrons. The van der Waals surface area contributed by atoms with Crippen molar-refractivity contribution in [2.24, 2.45) is 0 Å². The quantitative estimate of drug-likeness (QED) is 0.374. The average molecular weight is 488 g/mol. The van der Waals surface area contributed by atoms with Crippen LogP contribution in [0.15, 0.2) is 57.3 Å². The first-order valence-corrected chi connectivity index (χ1v) is 12.5. The zero-order valence-electron chi connectivity index (χ0n) is 17.7. The van der Waals surface area contributed by atoms with E-state index in [-0.39, 0.29) is 17.2 Å². The van der Waals surface area contributed by atoms with E-state index in [4.69, 9.17) is 21.3 Å². The van der Waals surface area contributed by atoms with Crippen LogP contribution >= 0.6 is 35.1 Å². The van der Waals surface area contributed by atoms with E-state index >= 15 is 0 Å². The van der Waals surface area contributed by atoms with Gasteiger partial charge in [0.2, 0.25) is 5.91 Å². The molecule has 1 aliphatic rings. The standard InChI is InChI=1S/C23H22ClN3O3S2/c1-3-30-17-8-6-16(7-9-17)27-22(29)21-19(10-11-31-21)26-23(27)32-13-20(28)25-15-5-4-14(2)18(24)12-15/h4-9,12H,3,10-11,13H2,1-2H3,(H,25,28). The van der Waals surface area contributed by atoms with Crippen LogP contribution in [-0.2, 0) is 11.2 Å². The van der Waals surface area contributed by atoms with Crippen molar-refractivity contribution in [1.82, 2.24) is 9.55 Å². The van der Waals surface area contributed by atoms with Crippen molar-refractivity contribution in [3.8, 4) is 11.4 Å². The Morgan fingerprint density at radius 3 is 2.78 bits per heavy atom. The fraction of sp³-hybridized carbons (Fsp3) is 0.261. The number of ether oxygens (including phenoxy) is 1. The van der Waals surface area contributed by atoms with Gasteiger partial charge in [-0.3, -0.25) is 14.2 Å². The highest BCUT2D eigenvalue weighted by molar-refractivity contribution is 8.00. The molecule has 1 aliphatic heterocycles. The van der Waals surface area contributed by atoms with Crippen LogP contribution in [0, 0.1) is 6.92 Å². The molecule has 32 heavy (non-hydrogen) atoms. The summed E-state index contributed by atoms with van der Waals surface area (Å²) < 4.78 is 7.08. The summed E-state index contributed by atoms with van der Waals surface area (Å²) in [6.45, 7) is 4.39. The van der Waals surface area contributed by atoms with Crippen LogP contribution in [0.25, 0.3) is 5.69 Å². The SMILES string of the molecule is CCOc1ccc(-n2c(SCC(=O)Nc3ccc(C)c(Cl)c3)nc3c(c2=O)SCC3)cc1. The number of nitrogens with zero attached hydrogens (tertiary/aromatic N) is 2. The number of thioether (sulfide) groups is 2. The molecule has 0 fully saturated rings. The molecule has 9 heteroatoms. The molecule has 0 spiro atoms. The summed E-state index contributed by atoms with van der Waals surface area (Å²) >= 11 is 8.91. The van der Waals surface area contributed by atoms with E-state index in [0.717, 1.165) is 29.2 Å². The van der Waals surface area contributed by atoms with Crippen molar-refractivity contribution in [1.29, 1.82) is 0 Å². The van der Waals surface area contributed by atoms with Gasteiger partial charge in [0.25, 0.3) is 5.56 Å². The molecule has 0 saturated carbocycles. The Kier molecular flexibility index (Phi) is 7.13. The number of nitrogens with one attached hydrogen (secondary N) is 1. The molecule has 0 unspecified atom stereocenters. The predicted molar refractivity (Wildman–Crippen MR) is 131 cm³/mol. The minimum atomic E-state index is -0.197. The van der Waals surface area contributed by atoms with Crippen LogP contribution in [-0.4, -0.2) is 33.6 Å². The smallest absolute Gasteiger partial charge is 0.272 e. The topological polar surface area (TPSA) is 73.2 Å². The number of rotatable bonds is 7. The van der Waals surface area contributed by atoms with E-state index in [9.17, 15) is 9.59 Å². The van der Waals surface area contributed by atoms with Crippen LogP contribution in [0.2, 0.25) is 5.02 Å². The molecule has 0 atom stereocenters. The maximum atomic E-state index is 13.2. The van der Waals surface area contributed by atoms with Gasteiger partial charge in [-0.1, -0.05) is 29.4 Å². The second-order valence-corrected chi connectivity index (χ2v) is 9.59. The molecule has 1 amide bonds. The Hall–Kier alpha value is -2.42. The molecule has 1 N–H and O–H groups in total. The summed E-state index contributed by atoms with van der Waals surface area (Å²) in [5, 5.41) is 3.94. The Morgan fingerprint density at radius 1 is 1.28 bits per heavy atom. The average Bonchev–Trinajstić information content (AvgIpc) is 3.25. The summed E-state index contributed by atoms with van der Waals surface area (Å²) in [5.74, 6) is 1.49. The minimum Gasteiger partial charge on any atom is -0.494 e. The fourth-order valence-electron chi connectivity index (χ4n) is 3.27. The third-order valence-electron chi connectivity index (χ3n) is 4.86. The molecular formula is C23H22ClN3O3S2. The highest BCUT2D eigenvalue weighted by atomic mass is 35.5. The molecule has 3 aromatic rings. The summed E-state index contributed by atoms with van der Waals surface area (Å²) in [6.07, 6.45) is 0.751. The van der Waals surface area contributed by atoms with E-state index in [2.05, 4.69) is 5.32 Å². The van der Waals surface area contributed by atoms with E-state index in [0.29, 0.717) is 33.1 Å². The molecule has 6 nitrogen and oxygen atoms in total. The van der Waals surface area contributed by atoms with Crippen molar-refractivity contribution in [3.63, 3.8) is 0 Å². The molecule has 2 heterocycles. The van der Waals surface area contributed by atoms with Crippen LogP contribution < -0.4 is 15.6 Å². The second-order valence-electron chi connectivity index (χ2n) is 7.14.